The second-order valence-electron chi connectivity index (χ2n) is 5.00. The summed E-state index contributed by atoms with van der Waals surface area (Å²) in [5.41, 5.74) is 1.40. The summed E-state index contributed by atoms with van der Waals surface area (Å²) in [4.78, 5) is 7.15. The summed E-state index contributed by atoms with van der Waals surface area (Å²) in [5, 5.41) is 3.44. The van der Waals surface area contributed by atoms with Crippen LogP contribution in [0.25, 0.3) is 0 Å². The minimum atomic E-state index is 0.654. The Balaban J connectivity index is 2.20. The third-order valence-electron chi connectivity index (χ3n) is 3.75. The average molecular weight is 247 g/mol. The highest BCUT2D eigenvalue weighted by atomic mass is 15.2. The molecule has 0 aromatic carbocycles. The van der Waals surface area contributed by atoms with E-state index >= 15 is 0 Å². The summed E-state index contributed by atoms with van der Waals surface area (Å²) in [7, 11) is 0. The molecule has 0 unspecified atom stereocenters. The predicted octanol–water partition coefficient (Wildman–Crippen LogP) is 2.61. The quantitative estimate of drug-likeness (QED) is 0.867. The van der Waals surface area contributed by atoms with Crippen molar-refractivity contribution in [2.45, 2.75) is 45.6 Å². The Bertz CT molecular complexity index is 359. The summed E-state index contributed by atoms with van der Waals surface area (Å²) in [5.74, 6) is 1.22. The molecule has 0 aliphatic carbocycles. The van der Waals surface area contributed by atoms with Crippen LogP contribution in [0.2, 0.25) is 0 Å². The minimum absolute atomic E-state index is 0.654. The van der Waals surface area contributed by atoms with Crippen LogP contribution in [0.1, 0.15) is 38.7 Å². The lowest BCUT2D eigenvalue weighted by molar-refractivity contribution is 0.431. The Kier molecular flexibility index (Phi) is 5.00. The van der Waals surface area contributed by atoms with Crippen molar-refractivity contribution in [1.29, 1.82) is 0 Å². The van der Waals surface area contributed by atoms with E-state index in [-0.39, 0.29) is 0 Å². The molecule has 0 spiro atoms. The number of hydrogen-bond donors (Lipinski definition) is 1. The van der Waals surface area contributed by atoms with Gasteiger partial charge in [0.25, 0.3) is 0 Å². The maximum absolute atomic E-state index is 4.65. The van der Waals surface area contributed by atoms with E-state index in [1.165, 1.54) is 30.6 Å². The van der Waals surface area contributed by atoms with Gasteiger partial charge in [-0.15, -0.1) is 0 Å². The zero-order chi connectivity index (χ0) is 12.8. The minimum Gasteiger partial charge on any atom is -0.354 e. The second-order valence-corrected chi connectivity index (χ2v) is 5.00. The van der Waals surface area contributed by atoms with Gasteiger partial charge in [-0.1, -0.05) is 19.4 Å². The van der Waals surface area contributed by atoms with Crippen LogP contribution >= 0.6 is 0 Å². The monoisotopic (exact) mass is 247 g/mol. The summed E-state index contributed by atoms with van der Waals surface area (Å²) < 4.78 is 0. The zero-order valence-electron chi connectivity index (χ0n) is 11.7. The van der Waals surface area contributed by atoms with E-state index < -0.39 is 0 Å². The number of hydrogen-bond acceptors (Lipinski definition) is 3. The van der Waals surface area contributed by atoms with E-state index in [1.54, 1.807) is 0 Å². The molecule has 0 atom stereocenters. The van der Waals surface area contributed by atoms with Crippen LogP contribution in [0.4, 0.5) is 5.82 Å². The van der Waals surface area contributed by atoms with Crippen molar-refractivity contribution >= 4 is 5.82 Å². The van der Waals surface area contributed by atoms with Gasteiger partial charge >= 0.3 is 0 Å². The second kappa shape index (κ2) is 6.74. The molecule has 1 aromatic rings. The van der Waals surface area contributed by atoms with Gasteiger partial charge < -0.3 is 10.2 Å². The van der Waals surface area contributed by atoms with E-state index in [2.05, 4.69) is 41.2 Å². The zero-order valence-corrected chi connectivity index (χ0v) is 11.7. The molecule has 1 aliphatic rings. The Labute approximate surface area is 111 Å². The van der Waals surface area contributed by atoms with Crippen molar-refractivity contribution in [3.8, 4) is 0 Å². The highest BCUT2D eigenvalue weighted by molar-refractivity contribution is 5.47. The van der Waals surface area contributed by atoms with Gasteiger partial charge in [0.05, 0.1) is 0 Å². The summed E-state index contributed by atoms with van der Waals surface area (Å²) in [6, 6.07) is 4.95. The standard InChI is InChI=1S/C15H25N3/c1-3-6-13-7-5-10-17-15(13)18(4-2)14-8-11-16-12-9-14/h5,7,10,14,16H,3-4,6,8-9,11-12H2,1-2H3. The van der Waals surface area contributed by atoms with E-state index in [0.717, 1.165) is 26.1 Å². The largest absolute Gasteiger partial charge is 0.354 e. The highest BCUT2D eigenvalue weighted by Gasteiger charge is 2.22. The van der Waals surface area contributed by atoms with Crippen molar-refractivity contribution in [1.82, 2.24) is 10.3 Å². The molecule has 18 heavy (non-hydrogen) atoms. The number of aromatic nitrogens is 1. The molecule has 0 radical (unpaired) electrons. The van der Waals surface area contributed by atoms with Crippen LogP contribution in [0.3, 0.4) is 0 Å². The van der Waals surface area contributed by atoms with E-state index in [4.69, 9.17) is 0 Å². The van der Waals surface area contributed by atoms with Crippen molar-refractivity contribution < 1.29 is 0 Å². The molecule has 1 aliphatic heterocycles. The third-order valence-corrected chi connectivity index (χ3v) is 3.75. The van der Waals surface area contributed by atoms with Gasteiger partial charge in [0, 0.05) is 18.8 Å². The number of piperidine rings is 1. The summed E-state index contributed by atoms with van der Waals surface area (Å²) in [6.45, 7) is 7.80. The molecular weight excluding hydrogens is 222 g/mol. The molecule has 2 rings (SSSR count). The third kappa shape index (κ3) is 3.02. The molecule has 3 heteroatoms. The van der Waals surface area contributed by atoms with E-state index in [0.29, 0.717) is 6.04 Å². The number of rotatable bonds is 5. The molecule has 1 aromatic heterocycles. The van der Waals surface area contributed by atoms with Crippen molar-refractivity contribution in [3.63, 3.8) is 0 Å². The Morgan fingerprint density at radius 2 is 2.11 bits per heavy atom. The van der Waals surface area contributed by atoms with Gasteiger partial charge in [-0.3, -0.25) is 0 Å². The number of aryl methyl sites for hydroxylation is 1. The number of nitrogens with one attached hydrogen (secondary N) is 1. The van der Waals surface area contributed by atoms with Crippen molar-refractivity contribution in [2.24, 2.45) is 0 Å². The maximum atomic E-state index is 4.65. The fourth-order valence-electron chi connectivity index (χ4n) is 2.85. The molecule has 2 heterocycles. The fraction of sp³-hybridized carbons (Fsp3) is 0.667. The Morgan fingerprint density at radius 3 is 2.78 bits per heavy atom. The molecule has 1 fully saturated rings. The Hall–Kier alpha value is -1.09. The average Bonchev–Trinajstić information content (AvgIpc) is 2.43. The van der Waals surface area contributed by atoms with Gasteiger partial charge in [-0.2, -0.15) is 0 Å². The first-order valence-corrected chi connectivity index (χ1v) is 7.28. The molecule has 3 nitrogen and oxygen atoms in total. The predicted molar refractivity (Wildman–Crippen MR) is 77.1 cm³/mol. The van der Waals surface area contributed by atoms with Gasteiger partial charge in [-0.25, -0.2) is 4.98 Å². The lowest BCUT2D eigenvalue weighted by Crippen LogP contribution is -2.44. The van der Waals surface area contributed by atoms with Crippen molar-refractivity contribution in [2.75, 3.05) is 24.5 Å². The molecule has 0 amide bonds. The number of nitrogens with zero attached hydrogens (tertiary/aromatic N) is 2. The number of pyridine rings is 1. The molecular formula is C15H25N3. The van der Waals surface area contributed by atoms with Crippen LogP contribution in [0.5, 0.6) is 0 Å². The molecule has 1 N–H and O–H groups in total. The first kappa shape index (κ1) is 13.3. The van der Waals surface area contributed by atoms with Crippen LogP contribution in [-0.2, 0) is 6.42 Å². The molecule has 1 saturated heterocycles. The van der Waals surface area contributed by atoms with Crippen LogP contribution < -0.4 is 10.2 Å². The lowest BCUT2D eigenvalue weighted by Gasteiger charge is -2.35. The SMILES string of the molecule is CCCc1cccnc1N(CC)C1CCNCC1. The van der Waals surface area contributed by atoms with Crippen molar-refractivity contribution in [3.05, 3.63) is 23.9 Å². The van der Waals surface area contributed by atoms with E-state index in [9.17, 15) is 0 Å². The van der Waals surface area contributed by atoms with Crippen LogP contribution in [-0.4, -0.2) is 30.7 Å². The molecule has 0 saturated carbocycles. The fourth-order valence-corrected chi connectivity index (χ4v) is 2.85. The summed E-state index contributed by atoms with van der Waals surface area (Å²) >= 11 is 0. The lowest BCUT2D eigenvalue weighted by atomic mass is 10.0. The maximum Gasteiger partial charge on any atom is 0.131 e. The van der Waals surface area contributed by atoms with Gasteiger partial charge in [0.1, 0.15) is 5.82 Å². The Morgan fingerprint density at radius 1 is 1.33 bits per heavy atom. The molecule has 0 bridgehead atoms. The van der Waals surface area contributed by atoms with Gasteiger partial charge in [-0.05, 0) is 50.9 Å². The summed E-state index contributed by atoms with van der Waals surface area (Å²) in [6.07, 6.45) is 6.71. The smallest absolute Gasteiger partial charge is 0.131 e. The van der Waals surface area contributed by atoms with Crippen LogP contribution in [0.15, 0.2) is 18.3 Å². The van der Waals surface area contributed by atoms with Crippen LogP contribution in [0, 0.1) is 0 Å². The molecule has 100 valence electrons. The van der Waals surface area contributed by atoms with Gasteiger partial charge in [0.2, 0.25) is 0 Å². The van der Waals surface area contributed by atoms with Gasteiger partial charge in [0.15, 0.2) is 0 Å². The van der Waals surface area contributed by atoms with E-state index in [1.807, 2.05) is 6.20 Å². The normalized spacial score (nSPS) is 16.8. The topological polar surface area (TPSA) is 28.2 Å². The highest BCUT2D eigenvalue weighted by Crippen LogP contribution is 2.24. The number of anilines is 1. The first-order chi connectivity index (χ1) is 8.86. The first-order valence-electron chi connectivity index (χ1n) is 7.28.